The third-order valence-corrected chi connectivity index (χ3v) is 5.52. The minimum Gasteiger partial charge on any atom is -0.443 e. The number of pyridine rings is 1. The van der Waals surface area contributed by atoms with E-state index in [1.807, 2.05) is 51.2 Å². The lowest BCUT2D eigenvalue weighted by Crippen LogP contribution is -2.46. The molecule has 9 heteroatoms. The molecule has 4 rings (SSSR count). The summed E-state index contributed by atoms with van der Waals surface area (Å²) in [5, 5.41) is 9.42. The minimum absolute atomic E-state index is 0.403. The summed E-state index contributed by atoms with van der Waals surface area (Å²) >= 11 is 2.16. The van der Waals surface area contributed by atoms with Crippen molar-refractivity contribution in [2.45, 2.75) is 32.9 Å². The Morgan fingerprint density at radius 3 is 2.57 bits per heavy atom. The van der Waals surface area contributed by atoms with Gasteiger partial charge < -0.3 is 9.64 Å². The van der Waals surface area contributed by atoms with Crippen LogP contribution in [0.4, 0.5) is 10.6 Å². The fraction of sp³-hybridized carbons (Fsp3) is 0.429. The Kier molecular flexibility index (Phi) is 5.92. The van der Waals surface area contributed by atoms with Crippen LogP contribution in [0.5, 0.6) is 0 Å². The van der Waals surface area contributed by atoms with Gasteiger partial charge in [0, 0.05) is 50.5 Å². The summed E-state index contributed by atoms with van der Waals surface area (Å²) in [6.45, 7) is 9.94. The third kappa shape index (κ3) is 4.72. The van der Waals surface area contributed by atoms with Gasteiger partial charge in [0.1, 0.15) is 14.9 Å². The lowest BCUT2D eigenvalue weighted by molar-refractivity contribution is 0.0543. The molecule has 8 nitrogen and oxygen atoms in total. The van der Waals surface area contributed by atoms with Gasteiger partial charge in [-0.3, -0.25) is 4.90 Å². The number of ether oxygens (including phenoxy) is 1. The fourth-order valence-electron chi connectivity index (χ4n) is 3.56. The number of piperazine rings is 1. The number of carbonyl (C=O) groups excluding carboxylic acids is 1. The number of hydrogen-bond donors (Lipinski definition) is 0. The highest BCUT2D eigenvalue weighted by atomic mass is 127. The third-order valence-electron chi connectivity index (χ3n) is 4.94. The van der Waals surface area contributed by atoms with Crippen LogP contribution >= 0.6 is 22.6 Å². The molecule has 0 unspecified atom stereocenters. The molecule has 0 saturated carbocycles. The first-order chi connectivity index (χ1) is 14.3. The van der Waals surface area contributed by atoms with Crippen LogP contribution in [0.25, 0.3) is 11.0 Å². The normalized spacial score (nSPS) is 15.5. The molecule has 1 saturated heterocycles. The topological polar surface area (TPSA) is 76.4 Å². The van der Waals surface area contributed by atoms with Gasteiger partial charge in [0.2, 0.25) is 0 Å². The molecule has 0 spiro atoms. The van der Waals surface area contributed by atoms with E-state index in [0.717, 1.165) is 53.2 Å². The zero-order chi connectivity index (χ0) is 21.3. The Hall–Kier alpha value is -2.27. The number of fused-ring (bicyclic) bond motifs is 1. The standard InChI is InChI=1S/C21H25IN6O2/c1-21(2,3)30-20(29)28-14-15(16-5-4-8-23-19(16)28)13-26-9-11-27(12-10-26)18-7-6-17(22)24-25-18/h4-8,14H,9-13H2,1-3H3. The maximum Gasteiger partial charge on any atom is 0.420 e. The van der Waals surface area contributed by atoms with E-state index in [0.29, 0.717) is 5.65 Å². The summed E-state index contributed by atoms with van der Waals surface area (Å²) in [5.41, 5.74) is 1.15. The SMILES string of the molecule is CC(C)(C)OC(=O)n1cc(CN2CCN(c3ccc(I)nn3)CC2)c2cccnc21. The molecule has 158 valence electrons. The van der Waals surface area contributed by atoms with Crippen molar-refractivity contribution >= 4 is 45.5 Å². The lowest BCUT2D eigenvalue weighted by Gasteiger charge is -2.35. The van der Waals surface area contributed by atoms with Crippen molar-refractivity contribution in [2.75, 3.05) is 31.1 Å². The monoisotopic (exact) mass is 520 g/mol. The van der Waals surface area contributed by atoms with E-state index in [9.17, 15) is 4.79 Å². The highest BCUT2D eigenvalue weighted by Crippen LogP contribution is 2.23. The zero-order valence-electron chi connectivity index (χ0n) is 17.4. The number of carbonyl (C=O) groups is 1. The van der Waals surface area contributed by atoms with Crippen LogP contribution in [-0.2, 0) is 11.3 Å². The Labute approximate surface area is 189 Å². The predicted octanol–water partition coefficient (Wildman–Crippen LogP) is 3.54. The summed E-state index contributed by atoms with van der Waals surface area (Å²) in [6.07, 6.45) is 3.16. The van der Waals surface area contributed by atoms with Crippen LogP contribution in [0.3, 0.4) is 0 Å². The highest BCUT2D eigenvalue weighted by Gasteiger charge is 2.23. The van der Waals surface area contributed by atoms with Gasteiger partial charge in [-0.25, -0.2) is 14.3 Å². The number of rotatable bonds is 3. The lowest BCUT2D eigenvalue weighted by atomic mass is 10.2. The van der Waals surface area contributed by atoms with E-state index in [4.69, 9.17) is 4.74 Å². The molecule has 30 heavy (non-hydrogen) atoms. The van der Waals surface area contributed by atoms with E-state index < -0.39 is 11.7 Å². The maximum absolute atomic E-state index is 12.7. The van der Waals surface area contributed by atoms with Crippen LogP contribution in [0.15, 0.2) is 36.7 Å². The number of hydrogen-bond acceptors (Lipinski definition) is 7. The molecule has 0 radical (unpaired) electrons. The van der Waals surface area contributed by atoms with Crippen molar-refractivity contribution in [3.63, 3.8) is 0 Å². The molecule has 1 aliphatic heterocycles. The molecule has 4 heterocycles. The van der Waals surface area contributed by atoms with Gasteiger partial charge in [-0.15, -0.1) is 10.2 Å². The largest absolute Gasteiger partial charge is 0.443 e. The summed E-state index contributed by atoms with van der Waals surface area (Å²) in [6, 6.07) is 7.91. The maximum atomic E-state index is 12.7. The molecule has 0 bridgehead atoms. The number of nitrogens with zero attached hydrogens (tertiary/aromatic N) is 6. The van der Waals surface area contributed by atoms with Gasteiger partial charge in [0.15, 0.2) is 5.82 Å². The van der Waals surface area contributed by atoms with Crippen LogP contribution in [0, 0.1) is 3.70 Å². The highest BCUT2D eigenvalue weighted by molar-refractivity contribution is 14.1. The fourth-order valence-corrected chi connectivity index (χ4v) is 3.84. The van der Waals surface area contributed by atoms with Gasteiger partial charge in [0.25, 0.3) is 0 Å². The van der Waals surface area contributed by atoms with Gasteiger partial charge in [-0.05, 0) is 73.2 Å². The van der Waals surface area contributed by atoms with Crippen LogP contribution < -0.4 is 4.90 Å². The molecule has 0 aromatic carbocycles. The average Bonchev–Trinajstić information content (AvgIpc) is 3.07. The number of aromatic nitrogens is 4. The number of anilines is 1. The van der Waals surface area contributed by atoms with E-state index in [-0.39, 0.29) is 0 Å². The summed E-state index contributed by atoms with van der Waals surface area (Å²) < 4.78 is 7.97. The van der Waals surface area contributed by atoms with Crippen molar-refractivity contribution < 1.29 is 9.53 Å². The molecule has 0 aliphatic carbocycles. The average molecular weight is 520 g/mol. The first-order valence-electron chi connectivity index (χ1n) is 9.95. The molecular weight excluding hydrogens is 495 g/mol. The predicted molar refractivity (Wildman–Crippen MR) is 124 cm³/mol. The van der Waals surface area contributed by atoms with E-state index in [2.05, 4.69) is 47.6 Å². The molecule has 1 aliphatic rings. The zero-order valence-corrected chi connectivity index (χ0v) is 19.5. The quantitative estimate of drug-likeness (QED) is 0.489. The van der Waals surface area contributed by atoms with Crippen molar-refractivity contribution in [2.24, 2.45) is 0 Å². The van der Waals surface area contributed by atoms with Gasteiger partial charge >= 0.3 is 6.09 Å². The Morgan fingerprint density at radius 1 is 1.13 bits per heavy atom. The van der Waals surface area contributed by atoms with E-state index >= 15 is 0 Å². The first kappa shape index (κ1) is 21.0. The second-order valence-electron chi connectivity index (χ2n) is 8.36. The smallest absolute Gasteiger partial charge is 0.420 e. The van der Waals surface area contributed by atoms with E-state index in [1.54, 1.807) is 6.20 Å². The molecule has 0 atom stereocenters. The van der Waals surface area contributed by atoms with Crippen molar-refractivity contribution in [1.82, 2.24) is 24.6 Å². The summed E-state index contributed by atoms with van der Waals surface area (Å²) in [4.78, 5) is 21.7. The summed E-state index contributed by atoms with van der Waals surface area (Å²) in [5.74, 6) is 0.917. The molecular formula is C21H25IN6O2. The Bertz CT molecular complexity index is 1040. The second-order valence-corrected chi connectivity index (χ2v) is 9.46. The second kappa shape index (κ2) is 8.46. The first-order valence-corrected chi connectivity index (χ1v) is 11.0. The molecule has 1 fully saturated rings. The molecule has 0 N–H and O–H groups in total. The molecule has 3 aromatic heterocycles. The van der Waals surface area contributed by atoms with Crippen LogP contribution in [0.1, 0.15) is 26.3 Å². The van der Waals surface area contributed by atoms with Crippen LogP contribution in [0.2, 0.25) is 0 Å². The molecule has 0 amide bonds. The van der Waals surface area contributed by atoms with Crippen molar-refractivity contribution in [3.8, 4) is 0 Å². The van der Waals surface area contributed by atoms with Crippen molar-refractivity contribution in [3.05, 3.63) is 45.9 Å². The van der Waals surface area contributed by atoms with Crippen molar-refractivity contribution in [1.29, 1.82) is 0 Å². The molecule has 3 aromatic rings. The van der Waals surface area contributed by atoms with Gasteiger partial charge in [0.05, 0.1) is 0 Å². The van der Waals surface area contributed by atoms with Gasteiger partial charge in [-0.2, -0.15) is 0 Å². The number of halogens is 1. The minimum atomic E-state index is -0.558. The van der Waals surface area contributed by atoms with E-state index in [1.165, 1.54) is 4.57 Å². The Balaban J connectivity index is 1.48. The van der Waals surface area contributed by atoms with Crippen LogP contribution in [-0.4, -0.2) is 62.5 Å². The van der Waals surface area contributed by atoms with Gasteiger partial charge in [-0.1, -0.05) is 0 Å². The Morgan fingerprint density at radius 2 is 1.90 bits per heavy atom. The summed E-state index contributed by atoms with van der Waals surface area (Å²) in [7, 11) is 0.